The van der Waals surface area contributed by atoms with Crippen LogP contribution in [0, 0.1) is 5.41 Å². The monoisotopic (exact) mass is 231 g/mol. The van der Waals surface area contributed by atoms with Crippen molar-refractivity contribution in [2.75, 3.05) is 0 Å². The number of pyridine rings is 1. The molecule has 0 aromatic carbocycles. The predicted octanol–water partition coefficient (Wildman–Crippen LogP) is 4.67. The maximum atomic E-state index is 4.88. The molecule has 0 saturated heterocycles. The zero-order valence-corrected chi connectivity index (χ0v) is 11.9. The molecule has 1 heterocycles. The van der Waals surface area contributed by atoms with Gasteiger partial charge in [-0.05, 0) is 48.1 Å². The Morgan fingerprint density at radius 1 is 1.24 bits per heavy atom. The Hall–Kier alpha value is -0.850. The van der Waals surface area contributed by atoms with Gasteiger partial charge in [0.15, 0.2) is 0 Å². The third kappa shape index (κ3) is 2.53. The number of hydrogen-bond acceptors (Lipinski definition) is 1. The van der Waals surface area contributed by atoms with Crippen molar-refractivity contribution in [3.8, 4) is 0 Å². The quantitative estimate of drug-likeness (QED) is 0.684. The van der Waals surface area contributed by atoms with Crippen LogP contribution in [0.25, 0.3) is 0 Å². The van der Waals surface area contributed by atoms with Crippen LogP contribution in [-0.4, -0.2) is 4.98 Å². The highest BCUT2D eigenvalue weighted by Gasteiger charge is 2.31. The number of nitrogens with zero attached hydrogens (tertiary/aromatic N) is 1. The third-order valence-corrected chi connectivity index (χ3v) is 3.95. The molecular formula is C16H25N. The molecule has 2 rings (SSSR count). The zero-order valence-electron chi connectivity index (χ0n) is 11.9. The lowest BCUT2D eigenvalue weighted by Crippen LogP contribution is -2.24. The number of aryl methyl sites for hydroxylation is 1. The van der Waals surface area contributed by atoms with E-state index in [0.29, 0.717) is 17.3 Å². The summed E-state index contributed by atoms with van der Waals surface area (Å²) in [5.74, 6) is 1.22. The van der Waals surface area contributed by atoms with Gasteiger partial charge in [-0.2, -0.15) is 0 Å². The van der Waals surface area contributed by atoms with Crippen LogP contribution in [0.15, 0.2) is 12.1 Å². The largest absolute Gasteiger partial charge is 0.257 e. The first-order chi connectivity index (χ1) is 7.89. The first-order valence-electron chi connectivity index (χ1n) is 6.89. The number of aromatic nitrogens is 1. The second-order valence-corrected chi connectivity index (χ2v) is 6.74. The molecule has 1 aliphatic carbocycles. The number of hydrogen-bond donors (Lipinski definition) is 0. The Morgan fingerprint density at radius 2 is 1.94 bits per heavy atom. The number of rotatable bonds is 1. The summed E-state index contributed by atoms with van der Waals surface area (Å²) < 4.78 is 0. The highest BCUT2D eigenvalue weighted by Crippen LogP contribution is 2.43. The fraction of sp³-hybridized carbons (Fsp3) is 0.688. The summed E-state index contributed by atoms with van der Waals surface area (Å²) in [6, 6.07) is 4.57. The maximum Gasteiger partial charge on any atom is 0.0442 e. The van der Waals surface area contributed by atoms with Gasteiger partial charge in [-0.1, -0.05) is 40.7 Å². The van der Waals surface area contributed by atoms with Crippen LogP contribution in [0.5, 0.6) is 0 Å². The van der Waals surface area contributed by atoms with E-state index in [2.05, 4.69) is 46.8 Å². The minimum absolute atomic E-state index is 0.357. The van der Waals surface area contributed by atoms with Crippen LogP contribution in [-0.2, 0) is 6.42 Å². The van der Waals surface area contributed by atoms with Crippen LogP contribution in [0.1, 0.15) is 76.2 Å². The lowest BCUT2D eigenvalue weighted by atomic mass is 9.70. The van der Waals surface area contributed by atoms with E-state index in [0.717, 1.165) is 0 Å². The maximum absolute atomic E-state index is 4.88. The molecule has 1 nitrogen and oxygen atoms in total. The van der Waals surface area contributed by atoms with Gasteiger partial charge in [0.25, 0.3) is 0 Å². The first kappa shape index (κ1) is 12.6. The van der Waals surface area contributed by atoms with E-state index in [9.17, 15) is 0 Å². The van der Waals surface area contributed by atoms with Crippen molar-refractivity contribution in [1.29, 1.82) is 0 Å². The van der Waals surface area contributed by atoms with E-state index in [-0.39, 0.29) is 0 Å². The second-order valence-electron chi connectivity index (χ2n) is 6.74. The average Bonchev–Trinajstić information content (AvgIpc) is 2.26. The van der Waals surface area contributed by atoms with Gasteiger partial charge in [0.05, 0.1) is 0 Å². The highest BCUT2D eigenvalue weighted by molar-refractivity contribution is 5.31. The van der Waals surface area contributed by atoms with Crippen molar-refractivity contribution < 1.29 is 0 Å². The van der Waals surface area contributed by atoms with Gasteiger partial charge in [0, 0.05) is 11.4 Å². The highest BCUT2D eigenvalue weighted by atomic mass is 14.7. The first-order valence-corrected chi connectivity index (χ1v) is 6.89. The molecular weight excluding hydrogens is 206 g/mol. The van der Waals surface area contributed by atoms with Crippen molar-refractivity contribution in [3.05, 3.63) is 29.1 Å². The van der Waals surface area contributed by atoms with Crippen LogP contribution in [0.3, 0.4) is 0 Å². The molecule has 1 heteroatoms. The van der Waals surface area contributed by atoms with E-state index in [1.54, 1.807) is 0 Å². The Bertz CT molecular complexity index is 398. The van der Waals surface area contributed by atoms with E-state index in [1.807, 2.05) is 0 Å². The van der Waals surface area contributed by atoms with Crippen molar-refractivity contribution in [2.24, 2.45) is 5.41 Å². The van der Waals surface area contributed by atoms with Crippen LogP contribution in [0.2, 0.25) is 0 Å². The third-order valence-electron chi connectivity index (χ3n) is 3.95. The van der Waals surface area contributed by atoms with Gasteiger partial charge >= 0.3 is 0 Å². The van der Waals surface area contributed by atoms with Gasteiger partial charge in [-0.3, -0.25) is 4.98 Å². The van der Waals surface area contributed by atoms with E-state index in [4.69, 9.17) is 4.98 Å². The van der Waals surface area contributed by atoms with Crippen molar-refractivity contribution >= 4 is 0 Å². The molecule has 1 atom stereocenters. The topological polar surface area (TPSA) is 12.9 Å². The molecule has 0 N–H and O–H groups in total. The average molecular weight is 231 g/mol. The summed E-state index contributed by atoms with van der Waals surface area (Å²) in [4.78, 5) is 4.88. The fourth-order valence-electron chi connectivity index (χ4n) is 2.90. The molecule has 0 radical (unpaired) electrons. The van der Waals surface area contributed by atoms with Crippen LogP contribution >= 0.6 is 0 Å². The smallest absolute Gasteiger partial charge is 0.0442 e. The summed E-state index contributed by atoms with van der Waals surface area (Å²) in [5, 5.41) is 0. The molecule has 17 heavy (non-hydrogen) atoms. The normalized spacial score (nSPS) is 20.5. The minimum atomic E-state index is 0.357. The van der Waals surface area contributed by atoms with Crippen LogP contribution in [0.4, 0.5) is 0 Å². The summed E-state index contributed by atoms with van der Waals surface area (Å²) in [5.41, 5.74) is 4.48. The lowest BCUT2D eigenvalue weighted by Gasteiger charge is -2.35. The summed E-state index contributed by atoms with van der Waals surface area (Å²) in [6.07, 6.45) is 3.78. The lowest BCUT2D eigenvalue weighted by molar-refractivity contribution is 0.287. The Balaban J connectivity index is 2.40. The molecule has 0 amide bonds. The molecule has 0 bridgehead atoms. The van der Waals surface area contributed by atoms with Crippen molar-refractivity contribution in [1.82, 2.24) is 4.98 Å². The van der Waals surface area contributed by atoms with Crippen molar-refractivity contribution in [3.63, 3.8) is 0 Å². The Kier molecular flexibility index (Phi) is 3.29. The molecule has 0 spiro atoms. The fourth-order valence-corrected chi connectivity index (χ4v) is 2.90. The van der Waals surface area contributed by atoms with Crippen LogP contribution < -0.4 is 0 Å². The molecule has 1 aromatic heterocycles. The molecule has 1 unspecified atom stereocenters. The van der Waals surface area contributed by atoms with Gasteiger partial charge in [-0.15, -0.1) is 0 Å². The SMILES string of the molecule is CC(C)c1ccc2c(n1)CCCC2C(C)(C)C. The summed E-state index contributed by atoms with van der Waals surface area (Å²) in [7, 11) is 0. The standard InChI is InChI=1S/C16H25N/c1-11(2)14-10-9-12-13(16(3,4)5)7-6-8-15(12)17-14/h9-11,13H,6-8H2,1-5H3. The van der Waals surface area contributed by atoms with Gasteiger partial charge in [-0.25, -0.2) is 0 Å². The zero-order chi connectivity index (χ0) is 12.6. The van der Waals surface area contributed by atoms with Gasteiger partial charge < -0.3 is 0 Å². The summed E-state index contributed by atoms with van der Waals surface area (Å²) in [6.45, 7) is 11.5. The Labute approximate surface area is 106 Å². The minimum Gasteiger partial charge on any atom is -0.257 e. The number of fused-ring (bicyclic) bond motifs is 1. The predicted molar refractivity (Wildman–Crippen MR) is 73.5 cm³/mol. The molecule has 1 aliphatic rings. The molecule has 1 aromatic rings. The van der Waals surface area contributed by atoms with Gasteiger partial charge in [0.1, 0.15) is 0 Å². The second kappa shape index (κ2) is 4.44. The molecule has 94 valence electrons. The molecule has 0 fully saturated rings. The van der Waals surface area contributed by atoms with E-state index in [1.165, 1.54) is 36.2 Å². The Morgan fingerprint density at radius 3 is 2.53 bits per heavy atom. The van der Waals surface area contributed by atoms with Gasteiger partial charge in [0.2, 0.25) is 0 Å². The summed E-state index contributed by atoms with van der Waals surface area (Å²) >= 11 is 0. The van der Waals surface area contributed by atoms with E-state index >= 15 is 0 Å². The molecule has 0 aliphatic heterocycles. The molecule has 0 saturated carbocycles. The van der Waals surface area contributed by atoms with E-state index < -0.39 is 0 Å². The van der Waals surface area contributed by atoms with Crippen molar-refractivity contribution in [2.45, 2.75) is 65.7 Å².